The number of rotatable bonds is 6. The lowest BCUT2D eigenvalue weighted by Crippen LogP contribution is -2.36. The van der Waals surface area contributed by atoms with Gasteiger partial charge in [0.15, 0.2) is 4.73 Å². The largest absolute Gasteiger partial charge is 0.380 e. The fourth-order valence-electron chi connectivity index (χ4n) is 3.82. The van der Waals surface area contributed by atoms with Gasteiger partial charge in [-0.25, -0.2) is 9.97 Å². The molecule has 25 heavy (non-hydrogen) atoms. The molecule has 0 aromatic carbocycles. The Balaban J connectivity index is 1.25. The van der Waals surface area contributed by atoms with Gasteiger partial charge in [0, 0.05) is 26.2 Å². The van der Waals surface area contributed by atoms with E-state index < -0.39 is 0 Å². The zero-order valence-corrected chi connectivity index (χ0v) is 16.9. The summed E-state index contributed by atoms with van der Waals surface area (Å²) in [6.45, 7) is 7.51. The number of aromatic nitrogens is 2. The van der Waals surface area contributed by atoms with Gasteiger partial charge in [-0.3, -0.25) is 0 Å². The second-order valence-electron chi connectivity index (χ2n) is 7.01. The van der Waals surface area contributed by atoms with Gasteiger partial charge in [-0.1, -0.05) is 0 Å². The molecule has 4 rings (SSSR count). The number of anilines is 1. The van der Waals surface area contributed by atoms with Gasteiger partial charge in [0.1, 0.15) is 10.6 Å². The van der Waals surface area contributed by atoms with Gasteiger partial charge in [-0.2, -0.15) is 0 Å². The van der Waals surface area contributed by atoms with Crippen molar-refractivity contribution in [2.24, 2.45) is 5.92 Å². The van der Waals surface area contributed by atoms with Crippen LogP contribution in [0.1, 0.15) is 25.7 Å². The summed E-state index contributed by atoms with van der Waals surface area (Å²) in [6, 6.07) is 2.13. The molecule has 0 N–H and O–H groups in total. The molecule has 136 valence electrons. The van der Waals surface area contributed by atoms with E-state index in [0.29, 0.717) is 10.7 Å². The molecule has 0 unspecified atom stereocenters. The zero-order valence-electron chi connectivity index (χ0n) is 14.5. The van der Waals surface area contributed by atoms with E-state index in [1.165, 1.54) is 44.2 Å². The van der Waals surface area contributed by atoms with Gasteiger partial charge in [-0.05, 0) is 72.1 Å². The molecule has 0 atom stereocenters. The van der Waals surface area contributed by atoms with Crippen molar-refractivity contribution in [3.63, 3.8) is 0 Å². The normalized spacial score (nSPS) is 20.0. The van der Waals surface area contributed by atoms with Crippen LogP contribution in [0.4, 0.5) is 5.82 Å². The van der Waals surface area contributed by atoms with Crippen molar-refractivity contribution in [3.05, 3.63) is 16.2 Å². The first-order valence-corrected chi connectivity index (χ1v) is 10.9. The van der Waals surface area contributed by atoms with Gasteiger partial charge in [-0.15, -0.1) is 11.3 Å². The molecule has 2 aromatic rings. The Bertz CT molecular complexity index is 695. The summed E-state index contributed by atoms with van der Waals surface area (Å²) in [5.41, 5.74) is 0. The minimum Gasteiger partial charge on any atom is -0.380 e. The Labute approximate surface area is 161 Å². The lowest BCUT2D eigenvalue weighted by Gasteiger charge is -2.33. The predicted molar refractivity (Wildman–Crippen MR) is 107 cm³/mol. The highest BCUT2D eigenvalue weighted by Gasteiger charge is 2.23. The molecule has 0 spiro atoms. The predicted octanol–water partition coefficient (Wildman–Crippen LogP) is 3.78. The van der Waals surface area contributed by atoms with E-state index in [9.17, 15) is 0 Å². The van der Waals surface area contributed by atoms with E-state index in [0.717, 1.165) is 43.5 Å². The number of nitrogens with zero attached hydrogens (tertiary/aromatic N) is 4. The number of fused-ring (bicyclic) bond motifs is 1. The molecule has 0 aliphatic carbocycles. The maximum atomic E-state index is 5.96. The van der Waals surface area contributed by atoms with Crippen LogP contribution in [0.5, 0.6) is 0 Å². The molecule has 5 nitrogen and oxygen atoms in total. The Morgan fingerprint density at radius 2 is 1.96 bits per heavy atom. The van der Waals surface area contributed by atoms with Crippen molar-refractivity contribution in [3.8, 4) is 0 Å². The van der Waals surface area contributed by atoms with Crippen molar-refractivity contribution >= 4 is 43.3 Å². The minimum atomic E-state index is 0.679. The molecule has 7 heteroatoms. The average Bonchev–Trinajstić information content (AvgIpc) is 3.30. The summed E-state index contributed by atoms with van der Waals surface area (Å²) in [4.78, 5) is 15.1. The van der Waals surface area contributed by atoms with Crippen LogP contribution in [0.25, 0.3) is 10.2 Å². The highest BCUT2D eigenvalue weighted by molar-refractivity contribution is 9.10. The van der Waals surface area contributed by atoms with Crippen LogP contribution in [-0.4, -0.2) is 60.8 Å². The van der Waals surface area contributed by atoms with Gasteiger partial charge in [0.25, 0.3) is 0 Å². The lowest BCUT2D eigenvalue weighted by atomic mass is 9.98. The third-order valence-electron chi connectivity index (χ3n) is 5.30. The molecule has 2 fully saturated rings. The lowest BCUT2D eigenvalue weighted by molar-refractivity contribution is 0.0753. The minimum absolute atomic E-state index is 0.679. The van der Waals surface area contributed by atoms with Gasteiger partial charge < -0.3 is 14.5 Å². The van der Waals surface area contributed by atoms with E-state index in [4.69, 9.17) is 4.74 Å². The molecular weight excluding hydrogens is 400 g/mol. The highest BCUT2D eigenvalue weighted by Crippen LogP contribution is 2.31. The van der Waals surface area contributed by atoms with Crippen LogP contribution < -0.4 is 4.90 Å². The van der Waals surface area contributed by atoms with E-state index in [1.807, 2.05) is 0 Å². The van der Waals surface area contributed by atoms with Gasteiger partial charge in [0.2, 0.25) is 0 Å². The van der Waals surface area contributed by atoms with Gasteiger partial charge in [0.05, 0.1) is 12.0 Å². The molecule has 4 heterocycles. The average molecular weight is 425 g/mol. The topological polar surface area (TPSA) is 41.5 Å². The number of piperidine rings is 1. The molecule has 2 aliphatic rings. The maximum Gasteiger partial charge on any atom is 0.199 e. The number of thiophene rings is 1. The molecule has 0 amide bonds. The second-order valence-corrected chi connectivity index (χ2v) is 8.61. The van der Waals surface area contributed by atoms with E-state index in [2.05, 4.69) is 47.1 Å². The molecule has 2 aliphatic heterocycles. The van der Waals surface area contributed by atoms with Crippen LogP contribution in [0.15, 0.2) is 16.2 Å². The summed E-state index contributed by atoms with van der Waals surface area (Å²) in [6.07, 6.45) is 5.07. The fourth-order valence-corrected chi connectivity index (χ4v) is 5.04. The van der Waals surface area contributed by atoms with Crippen LogP contribution in [0.2, 0.25) is 0 Å². The standard InChI is InChI=1S/C18H25BrN4OS/c19-18-20-16(15-5-12-25-17(15)21-18)23-8-3-14(4-9-23)13-24-11-10-22-6-1-2-7-22/h5,12,14H,1-4,6-11,13H2. The van der Waals surface area contributed by atoms with Crippen LogP contribution in [-0.2, 0) is 4.74 Å². The van der Waals surface area contributed by atoms with E-state index in [-0.39, 0.29) is 0 Å². The Hall–Kier alpha value is -0.760. The number of halogens is 1. The first-order valence-electron chi connectivity index (χ1n) is 9.25. The summed E-state index contributed by atoms with van der Waals surface area (Å²) in [7, 11) is 0. The zero-order chi connectivity index (χ0) is 17.1. The number of hydrogen-bond donors (Lipinski definition) is 0. The SMILES string of the molecule is Brc1nc(N2CCC(COCCN3CCCC3)CC2)c2ccsc2n1. The molecule has 0 radical (unpaired) electrons. The summed E-state index contributed by atoms with van der Waals surface area (Å²) < 4.78 is 6.65. The first kappa shape index (κ1) is 17.6. The summed E-state index contributed by atoms with van der Waals surface area (Å²) in [5, 5.41) is 3.27. The number of hydrogen-bond acceptors (Lipinski definition) is 6. The van der Waals surface area contributed by atoms with Crippen LogP contribution >= 0.6 is 27.3 Å². The quantitative estimate of drug-likeness (QED) is 0.521. The van der Waals surface area contributed by atoms with E-state index in [1.54, 1.807) is 11.3 Å². The molecule has 2 saturated heterocycles. The van der Waals surface area contributed by atoms with Crippen molar-refractivity contribution in [1.29, 1.82) is 0 Å². The van der Waals surface area contributed by atoms with Crippen molar-refractivity contribution in [2.45, 2.75) is 25.7 Å². The summed E-state index contributed by atoms with van der Waals surface area (Å²) >= 11 is 5.12. The smallest absolute Gasteiger partial charge is 0.199 e. The Kier molecular flexibility index (Phi) is 5.85. The van der Waals surface area contributed by atoms with Crippen molar-refractivity contribution < 1.29 is 4.74 Å². The highest BCUT2D eigenvalue weighted by atomic mass is 79.9. The molecular formula is C18H25BrN4OS. The van der Waals surface area contributed by atoms with Crippen LogP contribution in [0, 0.1) is 5.92 Å². The Morgan fingerprint density at radius 1 is 1.16 bits per heavy atom. The van der Waals surface area contributed by atoms with Crippen molar-refractivity contribution in [1.82, 2.24) is 14.9 Å². The first-order chi connectivity index (χ1) is 12.3. The number of ether oxygens (including phenoxy) is 1. The molecule has 0 saturated carbocycles. The third kappa shape index (κ3) is 4.32. The monoisotopic (exact) mass is 424 g/mol. The van der Waals surface area contributed by atoms with Gasteiger partial charge >= 0.3 is 0 Å². The van der Waals surface area contributed by atoms with Crippen LogP contribution in [0.3, 0.4) is 0 Å². The second kappa shape index (κ2) is 8.29. The van der Waals surface area contributed by atoms with E-state index >= 15 is 0 Å². The third-order valence-corrected chi connectivity index (χ3v) is 6.46. The number of likely N-dealkylation sites (tertiary alicyclic amines) is 1. The molecule has 0 bridgehead atoms. The molecule has 2 aromatic heterocycles. The Morgan fingerprint density at radius 3 is 2.76 bits per heavy atom. The fraction of sp³-hybridized carbons (Fsp3) is 0.667. The maximum absolute atomic E-state index is 5.96. The summed E-state index contributed by atoms with van der Waals surface area (Å²) in [5.74, 6) is 1.75. The van der Waals surface area contributed by atoms with Crippen molar-refractivity contribution in [2.75, 3.05) is 50.8 Å².